The summed E-state index contributed by atoms with van der Waals surface area (Å²) in [4.78, 5) is 2.37. The molecule has 0 aliphatic heterocycles. The maximum atomic E-state index is 6.29. The van der Waals surface area contributed by atoms with E-state index in [9.17, 15) is 0 Å². The average molecular weight is 502 g/mol. The number of hydrogen-bond acceptors (Lipinski definition) is 2. The minimum atomic E-state index is 0.685. The van der Waals surface area contributed by atoms with E-state index in [-0.39, 0.29) is 0 Å². The minimum absolute atomic E-state index is 0.685. The van der Waals surface area contributed by atoms with Crippen molar-refractivity contribution in [3.05, 3.63) is 90.0 Å². The molecule has 0 radical (unpaired) electrons. The van der Waals surface area contributed by atoms with Gasteiger partial charge in [0.25, 0.3) is 0 Å². The summed E-state index contributed by atoms with van der Waals surface area (Å²) in [7, 11) is 0. The van der Waals surface area contributed by atoms with Crippen molar-refractivity contribution in [1.82, 2.24) is 0 Å². The van der Waals surface area contributed by atoms with E-state index in [4.69, 9.17) is 4.74 Å². The van der Waals surface area contributed by atoms with Crippen LogP contribution in [0.4, 0.5) is 11.4 Å². The SMILES string of the molecule is CC.CC.CCC1CC(COc2ccc(CN(c3ccccc3)c3cccc(C)c3)cc2)C(C(C)C)C1. The van der Waals surface area contributed by atoms with Crippen molar-refractivity contribution in [3.63, 3.8) is 0 Å². The van der Waals surface area contributed by atoms with Gasteiger partial charge >= 0.3 is 0 Å². The Bertz CT molecular complexity index is 995. The van der Waals surface area contributed by atoms with Crippen LogP contribution in [0.2, 0.25) is 0 Å². The normalized spacial score (nSPS) is 18.4. The number of aryl methyl sites for hydroxylation is 1. The van der Waals surface area contributed by atoms with Gasteiger partial charge in [-0.1, -0.05) is 97.4 Å². The van der Waals surface area contributed by atoms with Crippen LogP contribution in [0.3, 0.4) is 0 Å². The lowest BCUT2D eigenvalue weighted by Gasteiger charge is -2.26. The van der Waals surface area contributed by atoms with Gasteiger partial charge in [-0.2, -0.15) is 0 Å². The van der Waals surface area contributed by atoms with Crippen LogP contribution in [-0.2, 0) is 6.54 Å². The second kappa shape index (κ2) is 16.2. The third-order valence-corrected chi connectivity index (χ3v) is 7.39. The highest BCUT2D eigenvalue weighted by Gasteiger charge is 2.35. The van der Waals surface area contributed by atoms with Crippen molar-refractivity contribution in [2.24, 2.45) is 23.7 Å². The van der Waals surface area contributed by atoms with E-state index in [1.165, 1.54) is 41.8 Å². The second-order valence-corrected chi connectivity index (χ2v) is 10.1. The van der Waals surface area contributed by atoms with Crippen LogP contribution in [0.1, 0.15) is 78.9 Å². The molecule has 0 bridgehead atoms. The molecule has 3 atom stereocenters. The molecule has 0 heterocycles. The summed E-state index contributed by atoms with van der Waals surface area (Å²) in [6.07, 6.45) is 3.99. The van der Waals surface area contributed by atoms with Gasteiger partial charge in [0, 0.05) is 17.9 Å². The van der Waals surface area contributed by atoms with E-state index in [0.717, 1.165) is 36.7 Å². The molecular formula is C35H51NO. The third kappa shape index (κ3) is 8.95. The predicted molar refractivity (Wildman–Crippen MR) is 163 cm³/mol. The highest BCUT2D eigenvalue weighted by atomic mass is 16.5. The molecule has 1 saturated carbocycles. The lowest BCUT2D eigenvalue weighted by Crippen LogP contribution is -2.20. The Morgan fingerprint density at radius 3 is 2.05 bits per heavy atom. The van der Waals surface area contributed by atoms with E-state index in [0.29, 0.717) is 5.92 Å². The van der Waals surface area contributed by atoms with E-state index in [1.807, 2.05) is 27.7 Å². The van der Waals surface area contributed by atoms with Crippen molar-refractivity contribution < 1.29 is 4.74 Å². The average Bonchev–Trinajstić information content (AvgIpc) is 3.38. The quantitative estimate of drug-likeness (QED) is 0.289. The summed E-state index contributed by atoms with van der Waals surface area (Å²) in [5.74, 6) is 4.08. The highest BCUT2D eigenvalue weighted by molar-refractivity contribution is 5.64. The maximum absolute atomic E-state index is 6.29. The van der Waals surface area contributed by atoms with Gasteiger partial charge in [-0.25, -0.2) is 0 Å². The van der Waals surface area contributed by atoms with Crippen molar-refractivity contribution >= 4 is 11.4 Å². The van der Waals surface area contributed by atoms with Crippen molar-refractivity contribution in [2.75, 3.05) is 11.5 Å². The zero-order chi connectivity index (χ0) is 27.2. The Morgan fingerprint density at radius 1 is 0.811 bits per heavy atom. The molecule has 3 aromatic carbocycles. The standard InChI is InChI=1S/C31H39NO.2C2H6/c1-5-25-19-27(31(20-25)23(2)3)22-33-30-16-14-26(15-17-30)21-32(28-11-7-6-8-12-28)29-13-9-10-24(4)18-29;2*1-2/h6-18,23,25,27,31H,5,19-22H2,1-4H3;2*1-2H3. The lowest BCUT2D eigenvalue weighted by molar-refractivity contribution is 0.186. The van der Waals surface area contributed by atoms with E-state index < -0.39 is 0 Å². The molecule has 202 valence electrons. The first-order chi connectivity index (χ1) is 18.0. The fourth-order valence-electron chi connectivity index (χ4n) is 5.43. The first-order valence-corrected chi connectivity index (χ1v) is 14.6. The molecule has 2 heteroatoms. The first-order valence-electron chi connectivity index (χ1n) is 14.6. The molecule has 0 N–H and O–H groups in total. The molecule has 0 spiro atoms. The van der Waals surface area contributed by atoms with Crippen LogP contribution in [-0.4, -0.2) is 6.61 Å². The summed E-state index contributed by atoms with van der Waals surface area (Å²) in [6.45, 7) is 18.9. The Hall–Kier alpha value is -2.74. The molecule has 3 unspecified atom stereocenters. The summed E-state index contributed by atoms with van der Waals surface area (Å²) in [5, 5.41) is 0. The number of anilines is 2. The van der Waals surface area contributed by atoms with Crippen LogP contribution >= 0.6 is 0 Å². The van der Waals surface area contributed by atoms with Gasteiger partial charge in [-0.3, -0.25) is 0 Å². The Morgan fingerprint density at radius 2 is 1.46 bits per heavy atom. The Labute approximate surface area is 228 Å². The molecule has 3 aromatic rings. The zero-order valence-electron chi connectivity index (χ0n) is 24.7. The number of para-hydroxylation sites is 1. The van der Waals surface area contributed by atoms with Gasteiger partial charge in [-0.15, -0.1) is 0 Å². The minimum Gasteiger partial charge on any atom is -0.493 e. The summed E-state index contributed by atoms with van der Waals surface area (Å²) >= 11 is 0. The predicted octanol–water partition coefficient (Wildman–Crippen LogP) is 10.5. The van der Waals surface area contributed by atoms with E-state index in [1.54, 1.807) is 0 Å². The molecule has 4 rings (SSSR count). The molecule has 1 aliphatic rings. The topological polar surface area (TPSA) is 12.5 Å². The largest absolute Gasteiger partial charge is 0.493 e. The third-order valence-electron chi connectivity index (χ3n) is 7.39. The molecule has 1 fully saturated rings. The second-order valence-electron chi connectivity index (χ2n) is 10.1. The smallest absolute Gasteiger partial charge is 0.119 e. The van der Waals surface area contributed by atoms with Gasteiger partial charge in [0.1, 0.15) is 5.75 Å². The van der Waals surface area contributed by atoms with Gasteiger partial charge in [-0.05, 0) is 91.0 Å². The highest BCUT2D eigenvalue weighted by Crippen LogP contribution is 2.42. The van der Waals surface area contributed by atoms with E-state index >= 15 is 0 Å². The Balaban J connectivity index is 0.00000115. The van der Waals surface area contributed by atoms with Crippen molar-refractivity contribution in [1.29, 1.82) is 0 Å². The number of ether oxygens (including phenoxy) is 1. The maximum Gasteiger partial charge on any atom is 0.119 e. The van der Waals surface area contributed by atoms with Crippen LogP contribution < -0.4 is 9.64 Å². The van der Waals surface area contributed by atoms with Crippen LogP contribution in [0, 0.1) is 30.6 Å². The fraction of sp³-hybridized carbons (Fsp3) is 0.486. The molecule has 37 heavy (non-hydrogen) atoms. The van der Waals surface area contributed by atoms with Gasteiger partial charge in [0.05, 0.1) is 6.61 Å². The van der Waals surface area contributed by atoms with Crippen molar-refractivity contribution in [3.8, 4) is 5.75 Å². The molecule has 1 aliphatic carbocycles. The zero-order valence-corrected chi connectivity index (χ0v) is 24.7. The number of hydrogen-bond donors (Lipinski definition) is 0. The van der Waals surface area contributed by atoms with Crippen molar-refractivity contribution in [2.45, 2.75) is 81.2 Å². The molecule has 0 saturated heterocycles. The van der Waals surface area contributed by atoms with Crippen LogP contribution in [0.5, 0.6) is 5.75 Å². The molecule has 0 amide bonds. The Kier molecular flexibility index (Phi) is 13.3. The summed E-state index contributed by atoms with van der Waals surface area (Å²) in [6, 6.07) is 28.1. The summed E-state index contributed by atoms with van der Waals surface area (Å²) in [5.41, 5.74) is 4.97. The fourth-order valence-corrected chi connectivity index (χ4v) is 5.43. The van der Waals surface area contributed by atoms with Crippen LogP contribution in [0.25, 0.3) is 0 Å². The van der Waals surface area contributed by atoms with Crippen LogP contribution in [0.15, 0.2) is 78.9 Å². The number of nitrogens with zero attached hydrogens (tertiary/aromatic N) is 1. The number of rotatable bonds is 9. The van der Waals surface area contributed by atoms with Gasteiger partial charge < -0.3 is 9.64 Å². The van der Waals surface area contributed by atoms with E-state index in [2.05, 4.69) is 111 Å². The number of benzene rings is 3. The van der Waals surface area contributed by atoms with Gasteiger partial charge in [0.2, 0.25) is 0 Å². The lowest BCUT2D eigenvalue weighted by atomic mass is 9.86. The monoisotopic (exact) mass is 501 g/mol. The molecule has 0 aromatic heterocycles. The summed E-state index contributed by atoms with van der Waals surface area (Å²) < 4.78 is 6.29. The molecule has 2 nitrogen and oxygen atoms in total. The molecular weight excluding hydrogens is 450 g/mol. The van der Waals surface area contributed by atoms with Gasteiger partial charge in [0.15, 0.2) is 0 Å². The first kappa shape index (κ1) is 30.5.